The largest absolute Gasteiger partial charge is 0.480 e. The van der Waals surface area contributed by atoms with Gasteiger partial charge in [-0.2, -0.15) is 0 Å². The summed E-state index contributed by atoms with van der Waals surface area (Å²) in [6, 6.07) is -1.35. The van der Waals surface area contributed by atoms with Gasteiger partial charge in [0.25, 0.3) is 0 Å². The number of rotatable bonds is 2. The minimum Gasteiger partial charge on any atom is -0.480 e. The molecule has 0 aliphatic carbocycles. The van der Waals surface area contributed by atoms with Crippen LogP contribution < -0.4 is 5.73 Å². The highest BCUT2D eigenvalue weighted by molar-refractivity contribution is 5.87. The summed E-state index contributed by atoms with van der Waals surface area (Å²) in [5, 5.41) is 9.11. The molecule has 1 aliphatic rings. The zero-order chi connectivity index (χ0) is 13.2. The monoisotopic (exact) mass is 242 g/mol. The molecular weight excluding hydrogens is 220 g/mol. The Bertz CT molecular complexity index is 309. The second-order valence-corrected chi connectivity index (χ2v) is 5.73. The summed E-state index contributed by atoms with van der Waals surface area (Å²) in [5.74, 6) is -1.18. The third kappa shape index (κ3) is 3.19. The molecule has 0 saturated carbocycles. The minimum absolute atomic E-state index is 0.246. The number of carbonyl (C=O) groups is 2. The van der Waals surface area contributed by atoms with Gasteiger partial charge in [-0.05, 0) is 24.7 Å². The Balaban J connectivity index is 2.82. The summed E-state index contributed by atoms with van der Waals surface area (Å²) >= 11 is 0. The van der Waals surface area contributed by atoms with Crippen molar-refractivity contribution >= 4 is 11.9 Å². The number of nitrogens with zero attached hydrogens (tertiary/aromatic N) is 1. The summed E-state index contributed by atoms with van der Waals surface area (Å²) in [7, 11) is 0. The number of nitrogens with two attached hydrogens (primary N) is 1. The fraction of sp³-hybridized carbons (Fsp3) is 0.833. The van der Waals surface area contributed by atoms with Crippen molar-refractivity contribution in [3.8, 4) is 0 Å². The number of carboxylic acid groups (broad SMARTS) is 1. The topological polar surface area (TPSA) is 83.6 Å². The van der Waals surface area contributed by atoms with E-state index in [1.165, 1.54) is 4.90 Å². The molecule has 1 heterocycles. The van der Waals surface area contributed by atoms with Crippen molar-refractivity contribution in [2.24, 2.45) is 11.1 Å². The molecule has 0 unspecified atom stereocenters. The molecule has 0 aromatic heterocycles. The lowest BCUT2D eigenvalue weighted by molar-refractivity contribution is -0.153. The number of aliphatic carboxylic acids is 1. The van der Waals surface area contributed by atoms with Crippen LogP contribution in [0.2, 0.25) is 0 Å². The van der Waals surface area contributed by atoms with E-state index in [1.54, 1.807) is 0 Å². The molecule has 0 radical (unpaired) electrons. The Kier molecular flexibility index (Phi) is 4.14. The average molecular weight is 242 g/mol. The fourth-order valence-electron chi connectivity index (χ4n) is 2.00. The van der Waals surface area contributed by atoms with Crippen molar-refractivity contribution in [3.63, 3.8) is 0 Å². The summed E-state index contributed by atoms with van der Waals surface area (Å²) in [5.41, 5.74) is 5.55. The highest BCUT2D eigenvalue weighted by Gasteiger charge is 2.37. The van der Waals surface area contributed by atoms with E-state index < -0.39 is 18.1 Å². The quantitative estimate of drug-likeness (QED) is 0.751. The maximum atomic E-state index is 12.2. The Morgan fingerprint density at radius 1 is 1.35 bits per heavy atom. The van der Waals surface area contributed by atoms with Gasteiger partial charge in [-0.15, -0.1) is 0 Å². The van der Waals surface area contributed by atoms with E-state index in [4.69, 9.17) is 10.8 Å². The molecule has 2 atom stereocenters. The molecule has 5 heteroatoms. The lowest BCUT2D eigenvalue weighted by Gasteiger charge is -2.37. The van der Waals surface area contributed by atoms with Crippen molar-refractivity contribution in [1.29, 1.82) is 0 Å². The number of hydrogen-bond donors (Lipinski definition) is 2. The maximum Gasteiger partial charge on any atom is 0.326 e. The van der Waals surface area contributed by atoms with Gasteiger partial charge in [0.15, 0.2) is 0 Å². The van der Waals surface area contributed by atoms with Gasteiger partial charge in [0.2, 0.25) is 5.91 Å². The molecule has 5 nitrogen and oxygen atoms in total. The standard InChI is InChI=1S/C12H22N2O3/c1-12(2,3)9(13)10(15)14-7-5-4-6-8(14)11(16)17/h8-9H,4-7,13H2,1-3H3,(H,16,17)/t8-,9+/m1/s1. The second-order valence-electron chi connectivity index (χ2n) is 5.73. The van der Waals surface area contributed by atoms with Crippen LogP contribution in [0.25, 0.3) is 0 Å². The Hall–Kier alpha value is -1.10. The fourth-order valence-corrected chi connectivity index (χ4v) is 2.00. The molecule has 1 fully saturated rings. The third-order valence-corrected chi connectivity index (χ3v) is 3.27. The van der Waals surface area contributed by atoms with Gasteiger partial charge in [-0.3, -0.25) is 4.79 Å². The van der Waals surface area contributed by atoms with Gasteiger partial charge in [0.05, 0.1) is 6.04 Å². The predicted octanol–water partition coefficient (Wildman–Crippen LogP) is 0.825. The number of hydrogen-bond acceptors (Lipinski definition) is 3. The van der Waals surface area contributed by atoms with Crippen LogP contribution in [-0.2, 0) is 9.59 Å². The summed E-state index contributed by atoms with van der Waals surface area (Å²) in [6.07, 6.45) is 2.23. The van der Waals surface area contributed by atoms with E-state index in [1.807, 2.05) is 20.8 Å². The number of likely N-dealkylation sites (tertiary alicyclic amines) is 1. The van der Waals surface area contributed by atoms with Crippen molar-refractivity contribution in [2.75, 3.05) is 6.54 Å². The molecule has 0 bridgehead atoms. The normalized spacial score (nSPS) is 23.3. The first-order valence-corrected chi connectivity index (χ1v) is 6.04. The summed E-state index contributed by atoms with van der Waals surface area (Å²) in [6.45, 7) is 6.15. The van der Waals surface area contributed by atoms with Crippen LogP contribution in [0.15, 0.2) is 0 Å². The molecule has 0 aromatic carbocycles. The van der Waals surface area contributed by atoms with Crippen molar-refractivity contribution in [2.45, 2.75) is 52.1 Å². The van der Waals surface area contributed by atoms with Gasteiger partial charge in [0.1, 0.15) is 6.04 Å². The maximum absolute atomic E-state index is 12.2. The van der Waals surface area contributed by atoms with Crippen LogP contribution in [0, 0.1) is 5.41 Å². The first-order valence-electron chi connectivity index (χ1n) is 6.04. The lowest BCUT2D eigenvalue weighted by Crippen LogP contribution is -2.56. The summed E-state index contributed by atoms with van der Waals surface area (Å²) < 4.78 is 0. The molecule has 1 rings (SSSR count). The molecule has 0 aromatic rings. The van der Waals surface area contributed by atoms with Crippen molar-refractivity contribution in [1.82, 2.24) is 4.90 Å². The Morgan fingerprint density at radius 3 is 2.41 bits per heavy atom. The van der Waals surface area contributed by atoms with E-state index in [0.29, 0.717) is 13.0 Å². The first kappa shape index (κ1) is 14.0. The molecule has 1 amide bonds. The third-order valence-electron chi connectivity index (χ3n) is 3.27. The van der Waals surface area contributed by atoms with Crippen LogP contribution in [0.5, 0.6) is 0 Å². The predicted molar refractivity (Wildman–Crippen MR) is 64.4 cm³/mol. The smallest absolute Gasteiger partial charge is 0.326 e. The second kappa shape index (κ2) is 5.04. The van der Waals surface area contributed by atoms with E-state index in [-0.39, 0.29) is 11.3 Å². The molecular formula is C12H22N2O3. The van der Waals surface area contributed by atoms with Gasteiger partial charge < -0.3 is 15.7 Å². The number of carboxylic acids is 1. The minimum atomic E-state index is -0.931. The van der Waals surface area contributed by atoms with E-state index >= 15 is 0 Å². The summed E-state index contributed by atoms with van der Waals surface area (Å²) in [4.78, 5) is 24.7. The Labute approximate surface area is 102 Å². The van der Waals surface area contributed by atoms with Crippen molar-refractivity contribution < 1.29 is 14.7 Å². The molecule has 3 N–H and O–H groups in total. The zero-order valence-corrected chi connectivity index (χ0v) is 10.8. The van der Waals surface area contributed by atoms with Crippen LogP contribution in [0.1, 0.15) is 40.0 Å². The molecule has 1 saturated heterocycles. The first-order chi connectivity index (χ1) is 7.75. The van der Waals surface area contributed by atoms with Crippen LogP contribution >= 0.6 is 0 Å². The van der Waals surface area contributed by atoms with E-state index in [2.05, 4.69) is 0 Å². The Morgan fingerprint density at radius 2 is 1.94 bits per heavy atom. The number of carbonyl (C=O) groups excluding carboxylic acids is 1. The van der Waals surface area contributed by atoms with Gasteiger partial charge >= 0.3 is 5.97 Å². The molecule has 1 aliphatic heterocycles. The molecule has 17 heavy (non-hydrogen) atoms. The number of piperidine rings is 1. The number of amides is 1. The van der Waals surface area contributed by atoms with E-state index in [0.717, 1.165) is 12.8 Å². The van der Waals surface area contributed by atoms with Gasteiger partial charge in [0, 0.05) is 6.54 Å². The van der Waals surface area contributed by atoms with Gasteiger partial charge in [-0.1, -0.05) is 20.8 Å². The highest BCUT2D eigenvalue weighted by Crippen LogP contribution is 2.23. The lowest BCUT2D eigenvalue weighted by atomic mass is 9.85. The highest BCUT2D eigenvalue weighted by atomic mass is 16.4. The SMILES string of the molecule is CC(C)(C)[C@@H](N)C(=O)N1CCCC[C@@H]1C(=O)O. The molecule has 0 spiro atoms. The van der Waals surface area contributed by atoms with Gasteiger partial charge in [-0.25, -0.2) is 4.79 Å². The van der Waals surface area contributed by atoms with Crippen molar-refractivity contribution in [3.05, 3.63) is 0 Å². The zero-order valence-electron chi connectivity index (χ0n) is 10.8. The van der Waals surface area contributed by atoms with E-state index in [9.17, 15) is 9.59 Å². The molecule has 98 valence electrons. The van der Waals surface area contributed by atoms with Crippen LogP contribution in [-0.4, -0.2) is 40.5 Å². The van der Waals surface area contributed by atoms with Crippen LogP contribution in [0.4, 0.5) is 0 Å². The average Bonchev–Trinajstić information content (AvgIpc) is 2.25. The van der Waals surface area contributed by atoms with Crippen LogP contribution in [0.3, 0.4) is 0 Å².